The summed E-state index contributed by atoms with van der Waals surface area (Å²) in [4.78, 5) is 8.34. The summed E-state index contributed by atoms with van der Waals surface area (Å²) in [6.07, 6.45) is 17.7. The summed E-state index contributed by atoms with van der Waals surface area (Å²) in [7, 11) is 0. The van der Waals surface area contributed by atoms with Gasteiger partial charge in [-0.3, -0.25) is 9.97 Å². The fourth-order valence-corrected chi connectivity index (χ4v) is 7.12. The van der Waals surface area contributed by atoms with Crippen LogP contribution in [0.3, 0.4) is 0 Å². The number of allylic oxidation sites excluding steroid dienone is 1. The number of alkyl halides is 2. The van der Waals surface area contributed by atoms with Crippen LogP contribution >= 0.6 is 23.2 Å². The SMILES string of the molecule is FC(F)Oc1ccnc2ccc(OCC34CCC(/C=C/c5c(-c6c(Cl)cncc6Cl)noc5C5CC5)(CC3)CC4)cc12. The lowest BCUT2D eigenvalue weighted by Crippen LogP contribution is -2.43. The zero-order valence-corrected chi connectivity index (χ0v) is 24.3. The fourth-order valence-electron chi connectivity index (χ4n) is 6.57. The lowest BCUT2D eigenvalue weighted by atomic mass is 9.54. The van der Waals surface area contributed by atoms with Crippen molar-refractivity contribution in [2.24, 2.45) is 10.8 Å². The minimum Gasteiger partial charge on any atom is -0.493 e. The molecule has 0 amide bonds. The van der Waals surface area contributed by atoms with Crippen LogP contribution < -0.4 is 9.47 Å². The first-order valence-corrected chi connectivity index (χ1v) is 15.0. The zero-order valence-electron chi connectivity index (χ0n) is 22.8. The molecule has 2 bridgehead atoms. The van der Waals surface area contributed by atoms with Crippen LogP contribution in [0.5, 0.6) is 11.5 Å². The van der Waals surface area contributed by atoms with Gasteiger partial charge in [-0.15, -0.1) is 0 Å². The molecule has 218 valence electrons. The molecule has 0 atom stereocenters. The number of pyridine rings is 2. The average molecular weight is 613 g/mol. The first-order valence-electron chi connectivity index (χ1n) is 14.3. The third-order valence-electron chi connectivity index (χ3n) is 9.29. The van der Waals surface area contributed by atoms with E-state index in [1.165, 1.54) is 12.3 Å². The van der Waals surface area contributed by atoms with Crippen LogP contribution in [0.15, 0.2) is 53.5 Å². The second kappa shape index (κ2) is 10.8. The van der Waals surface area contributed by atoms with Crippen LogP contribution in [0.2, 0.25) is 10.0 Å². The summed E-state index contributed by atoms with van der Waals surface area (Å²) in [5.41, 5.74) is 3.08. The van der Waals surface area contributed by atoms with Gasteiger partial charge in [-0.05, 0) is 81.0 Å². The predicted molar refractivity (Wildman–Crippen MR) is 157 cm³/mol. The van der Waals surface area contributed by atoms with Crippen molar-refractivity contribution in [3.05, 3.63) is 70.3 Å². The molecular formula is C32H29Cl2F2N3O3. The Balaban J connectivity index is 1.07. The molecule has 10 heteroatoms. The Bertz CT molecular complexity index is 1630. The van der Waals surface area contributed by atoms with Gasteiger partial charge < -0.3 is 14.0 Å². The summed E-state index contributed by atoms with van der Waals surface area (Å²) in [5.74, 6) is 2.02. The van der Waals surface area contributed by atoms with Crippen molar-refractivity contribution in [1.29, 1.82) is 0 Å². The number of nitrogens with zero attached hydrogens (tertiary/aromatic N) is 3. The highest BCUT2D eigenvalue weighted by Gasteiger charge is 2.48. The Morgan fingerprint density at radius 3 is 2.45 bits per heavy atom. The summed E-state index contributed by atoms with van der Waals surface area (Å²) in [5, 5.41) is 5.82. The van der Waals surface area contributed by atoms with E-state index in [0.717, 1.165) is 62.7 Å². The van der Waals surface area contributed by atoms with Crippen LogP contribution in [-0.2, 0) is 0 Å². The van der Waals surface area contributed by atoms with E-state index in [1.54, 1.807) is 24.5 Å². The molecule has 0 radical (unpaired) electrons. The molecule has 0 aliphatic heterocycles. The van der Waals surface area contributed by atoms with Gasteiger partial charge >= 0.3 is 6.61 Å². The zero-order chi connectivity index (χ0) is 28.9. The third-order valence-corrected chi connectivity index (χ3v) is 9.86. The van der Waals surface area contributed by atoms with Crippen molar-refractivity contribution in [3.8, 4) is 22.8 Å². The van der Waals surface area contributed by atoms with Crippen molar-refractivity contribution >= 4 is 40.2 Å². The van der Waals surface area contributed by atoms with Crippen LogP contribution in [0, 0.1) is 10.8 Å². The van der Waals surface area contributed by atoms with E-state index in [9.17, 15) is 8.78 Å². The van der Waals surface area contributed by atoms with Crippen LogP contribution in [-0.4, -0.2) is 28.3 Å². The topological polar surface area (TPSA) is 70.3 Å². The molecule has 1 aromatic carbocycles. The molecule has 4 aromatic rings. The Labute approximate surface area is 252 Å². The molecule has 3 aromatic heterocycles. The summed E-state index contributed by atoms with van der Waals surface area (Å²) in [6, 6.07) is 6.80. The second-order valence-electron chi connectivity index (χ2n) is 11.9. The lowest BCUT2D eigenvalue weighted by Gasteiger charge is -2.52. The normalized spacial score (nSPS) is 23.7. The van der Waals surface area contributed by atoms with E-state index in [4.69, 9.17) is 37.2 Å². The van der Waals surface area contributed by atoms with Crippen LogP contribution in [0.25, 0.3) is 28.2 Å². The Morgan fingerprint density at radius 1 is 1.02 bits per heavy atom. The minimum atomic E-state index is -2.90. The standard InChI is InChI=1S/C32H29Cl2F2N3O3/c33-23-16-37-17-24(34)27(23)28-21(29(42-39-28)19-1-2-19)5-7-31-8-11-32(12-9-31,13-10-31)18-40-20-3-4-25-22(15-20)26(6-14-38-25)41-30(35)36/h3-7,14-17,19,30H,1-2,8-13,18H2/b7-5+. The minimum absolute atomic E-state index is 0.0970. The molecule has 4 fully saturated rings. The van der Waals surface area contributed by atoms with Gasteiger partial charge in [0, 0.05) is 46.4 Å². The van der Waals surface area contributed by atoms with Crippen LogP contribution in [0.4, 0.5) is 8.78 Å². The molecule has 42 heavy (non-hydrogen) atoms. The number of benzene rings is 1. The average Bonchev–Trinajstić information content (AvgIpc) is 3.76. The van der Waals surface area contributed by atoms with Crippen LogP contribution in [0.1, 0.15) is 68.6 Å². The maximum atomic E-state index is 12.9. The number of ether oxygens (including phenoxy) is 2. The fraction of sp³-hybridized carbons (Fsp3) is 0.406. The molecule has 0 unspecified atom stereocenters. The van der Waals surface area contributed by atoms with Gasteiger partial charge in [0.05, 0.1) is 22.2 Å². The molecule has 4 saturated carbocycles. The smallest absolute Gasteiger partial charge is 0.387 e. The molecular weight excluding hydrogens is 583 g/mol. The van der Waals surface area contributed by atoms with E-state index in [2.05, 4.69) is 27.3 Å². The van der Waals surface area contributed by atoms with E-state index >= 15 is 0 Å². The Morgan fingerprint density at radius 2 is 1.76 bits per heavy atom. The van der Waals surface area contributed by atoms with Crippen molar-refractivity contribution in [3.63, 3.8) is 0 Å². The van der Waals surface area contributed by atoms with Gasteiger partial charge in [-0.1, -0.05) is 40.5 Å². The third kappa shape index (κ3) is 5.24. The van der Waals surface area contributed by atoms with Gasteiger partial charge in [0.2, 0.25) is 0 Å². The molecule has 4 aliphatic carbocycles. The van der Waals surface area contributed by atoms with Gasteiger partial charge in [0.25, 0.3) is 0 Å². The highest BCUT2D eigenvalue weighted by atomic mass is 35.5. The monoisotopic (exact) mass is 611 g/mol. The second-order valence-corrected chi connectivity index (χ2v) is 12.7. The van der Waals surface area contributed by atoms with E-state index in [0.29, 0.717) is 50.5 Å². The van der Waals surface area contributed by atoms with E-state index in [1.807, 2.05) is 6.07 Å². The van der Waals surface area contributed by atoms with Crippen molar-refractivity contribution in [2.75, 3.05) is 6.61 Å². The quantitative estimate of drug-likeness (QED) is 0.188. The summed E-state index contributed by atoms with van der Waals surface area (Å²) in [6.45, 7) is -2.31. The molecule has 0 spiro atoms. The maximum absolute atomic E-state index is 12.9. The Hall–Kier alpha value is -3.23. The van der Waals surface area contributed by atoms with Gasteiger partial charge in [0.15, 0.2) is 0 Å². The van der Waals surface area contributed by atoms with E-state index < -0.39 is 6.61 Å². The van der Waals surface area contributed by atoms with Gasteiger partial charge in [0.1, 0.15) is 23.0 Å². The maximum Gasteiger partial charge on any atom is 0.387 e. The first-order chi connectivity index (χ1) is 20.3. The number of halogens is 4. The molecule has 3 heterocycles. The molecule has 6 nitrogen and oxygen atoms in total. The van der Waals surface area contributed by atoms with Crippen molar-refractivity contribution in [2.45, 2.75) is 63.9 Å². The number of hydrogen-bond donors (Lipinski definition) is 0. The van der Waals surface area contributed by atoms with Gasteiger partial charge in [-0.2, -0.15) is 8.78 Å². The number of aromatic nitrogens is 3. The lowest BCUT2D eigenvalue weighted by molar-refractivity contribution is -0.0488. The number of rotatable bonds is 9. The number of fused-ring (bicyclic) bond motifs is 4. The highest BCUT2D eigenvalue weighted by Crippen LogP contribution is 2.58. The van der Waals surface area contributed by atoms with Crippen molar-refractivity contribution < 1.29 is 22.8 Å². The molecule has 4 aliphatic rings. The van der Waals surface area contributed by atoms with Crippen molar-refractivity contribution in [1.82, 2.24) is 15.1 Å². The molecule has 0 N–H and O–H groups in total. The first kappa shape index (κ1) is 27.6. The molecule has 0 saturated heterocycles. The molecule has 8 rings (SSSR count). The predicted octanol–water partition coefficient (Wildman–Crippen LogP) is 9.50. The summed E-state index contributed by atoms with van der Waals surface area (Å²) < 4.78 is 42.6. The largest absolute Gasteiger partial charge is 0.493 e. The van der Waals surface area contributed by atoms with Gasteiger partial charge in [-0.25, -0.2) is 0 Å². The highest BCUT2D eigenvalue weighted by molar-refractivity contribution is 6.39. The number of hydrogen-bond acceptors (Lipinski definition) is 6. The Kier molecular flexibility index (Phi) is 7.09. The summed E-state index contributed by atoms with van der Waals surface area (Å²) >= 11 is 13.0. The van der Waals surface area contributed by atoms with E-state index in [-0.39, 0.29) is 16.6 Å².